The predicted octanol–water partition coefficient (Wildman–Crippen LogP) is 13.8. The molecule has 0 atom stereocenters. The van der Waals surface area contributed by atoms with Crippen molar-refractivity contribution < 1.29 is 17.7 Å². The summed E-state index contributed by atoms with van der Waals surface area (Å²) < 4.78 is 25.2. The highest BCUT2D eigenvalue weighted by Crippen LogP contribution is 2.42. The standard InChI is InChI=1S/C46H24O4/c1-3-7-37-31(5-1)32-15-16-33-35-23-28(13-17-39(35)50-46(33)45(32)49-37)26-11-9-25-10-12-27(22-30(25)21-26)29-14-18-40-36(24-29)44-42(48-40)20-19-41-43(44)34-6-2-4-8-38(34)47-41/h1-24H. The van der Waals surface area contributed by atoms with Crippen molar-refractivity contribution in [3.8, 4) is 22.3 Å². The Hall–Kier alpha value is -6.78. The van der Waals surface area contributed by atoms with Crippen molar-refractivity contribution in [3.63, 3.8) is 0 Å². The molecule has 50 heavy (non-hydrogen) atoms. The van der Waals surface area contributed by atoms with Crippen LogP contribution in [0.1, 0.15) is 0 Å². The van der Waals surface area contributed by atoms with Gasteiger partial charge in [-0.05, 0) is 106 Å². The molecular weight excluding hydrogens is 617 g/mol. The number of hydrogen-bond donors (Lipinski definition) is 0. The summed E-state index contributed by atoms with van der Waals surface area (Å²) in [6.45, 7) is 0. The van der Waals surface area contributed by atoms with Crippen LogP contribution in [0.2, 0.25) is 0 Å². The van der Waals surface area contributed by atoms with Crippen molar-refractivity contribution in [2.24, 2.45) is 0 Å². The van der Waals surface area contributed by atoms with Gasteiger partial charge in [0.2, 0.25) is 0 Å². The van der Waals surface area contributed by atoms with Crippen LogP contribution < -0.4 is 0 Å². The highest BCUT2D eigenvalue weighted by Gasteiger charge is 2.18. The third-order valence-electron chi connectivity index (χ3n) is 10.5. The maximum absolute atomic E-state index is 6.41. The van der Waals surface area contributed by atoms with Crippen molar-refractivity contribution in [2.75, 3.05) is 0 Å². The van der Waals surface area contributed by atoms with E-state index in [-0.39, 0.29) is 0 Å². The van der Waals surface area contributed by atoms with Gasteiger partial charge in [0.25, 0.3) is 0 Å². The SMILES string of the molecule is c1ccc2c(c1)oc1c2ccc2c3cc(-c4ccc5ccc(-c6ccc7oc8ccc9oc%10ccccc%10c9c8c7c6)cc5c4)ccc3oc21. The van der Waals surface area contributed by atoms with Gasteiger partial charge < -0.3 is 17.7 Å². The maximum Gasteiger partial charge on any atom is 0.178 e. The molecule has 0 fully saturated rings. The molecule has 0 bridgehead atoms. The highest BCUT2D eigenvalue weighted by molar-refractivity contribution is 6.26. The molecule has 12 aromatic rings. The van der Waals surface area contributed by atoms with Gasteiger partial charge in [0, 0.05) is 43.1 Å². The Labute approximate surface area is 283 Å². The summed E-state index contributed by atoms with van der Waals surface area (Å²) in [6.07, 6.45) is 0. The van der Waals surface area contributed by atoms with E-state index in [4.69, 9.17) is 17.7 Å². The van der Waals surface area contributed by atoms with E-state index in [1.54, 1.807) is 0 Å². The Balaban J connectivity index is 0.987. The molecule has 0 aliphatic rings. The molecule has 0 radical (unpaired) electrons. The van der Waals surface area contributed by atoms with Crippen LogP contribution in [0.4, 0.5) is 0 Å². The lowest BCUT2D eigenvalue weighted by Gasteiger charge is -2.08. The van der Waals surface area contributed by atoms with Crippen molar-refractivity contribution in [1.29, 1.82) is 0 Å². The number of hydrogen-bond acceptors (Lipinski definition) is 4. The third-order valence-corrected chi connectivity index (χ3v) is 10.5. The fourth-order valence-corrected chi connectivity index (χ4v) is 8.06. The van der Waals surface area contributed by atoms with E-state index in [0.717, 1.165) is 110 Å². The van der Waals surface area contributed by atoms with Crippen LogP contribution in [0.25, 0.3) is 121 Å². The molecule has 8 aromatic carbocycles. The van der Waals surface area contributed by atoms with Gasteiger partial charge in [0.15, 0.2) is 11.2 Å². The maximum atomic E-state index is 6.41. The number of para-hydroxylation sites is 2. The minimum absolute atomic E-state index is 0.790. The molecule has 0 aliphatic heterocycles. The monoisotopic (exact) mass is 640 g/mol. The van der Waals surface area contributed by atoms with Crippen LogP contribution in [0.5, 0.6) is 0 Å². The zero-order chi connectivity index (χ0) is 32.5. The van der Waals surface area contributed by atoms with Gasteiger partial charge in [0.05, 0.1) is 0 Å². The second-order valence-electron chi connectivity index (χ2n) is 13.2. The molecule has 4 heterocycles. The highest BCUT2D eigenvalue weighted by atomic mass is 16.4. The molecule has 0 saturated heterocycles. The van der Waals surface area contributed by atoms with E-state index in [0.29, 0.717) is 0 Å². The van der Waals surface area contributed by atoms with E-state index in [1.807, 2.05) is 42.5 Å². The van der Waals surface area contributed by atoms with E-state index < -0.39 is 0 Å². The Morgan fingerprint density at radius 1 is 0.260 bits per heavy atom. The Morgan fingerprint density at radius 3 is 1.40 bits per heavy atom. The van der Waals surface area contributed by atoms with E-state index in [9.17, 15) is 0 Å². The topological polar surface area (TPSA) is 52.6 Å². The fraction of sp³-hybridized carbons (Fsp3) is 0. The van der Waals surface area contributed by atoms with Crippen molar-refractivity contribution in [2.45, 2.75) is 0 Å². The van der Waals surface area contributed by atoms with E-state index in [1.165, 1.54) is 10.8 Å². The largest absolute Gasteiger partial charge is 0.456 e. The molecule has 0 unspecified atom stereocenters. The minimum atomic E-state index is 0.790. The summed E-state index contributed by atoms with van der Waals surface area (Å²) in [6, 6.07) is 51.0. The summed E-state index contributed by atoms with van der Waals surface area (Å²) in [5.74, 6) is 0. The molecule has 0 saturated carbocycles. The number of benzene rings is 8. The van der Waals surface area contributed by atoms with Crippen LogP contribution in [-0.4, -0.2) is 0 Å². The molecule has 4 aromatic heterocycles. The Morgan fingerprint density at radius 2 is 0.720 bits per heavy atom. The zero-order valence-electron chi connectivity index (χ0n) is 26.5. The average molecular weight is 641 g/mol. The van der Waals surface area contributed by atoms with Crippen LogP contribution in [0, 0.1) is 0 Å². The van der Waals surface area contributed by atoms with Gasteiger partial charge in [-0.2, -0.15) is 0 Å². The van der Waals surface area contributed by atoms with Crippen molar-refractivity contribution >= 4 is 98.5 Å². The zero-order valence-corrected chi connectivity index (χ0v) is 26.5. The van der Waals surface area contributed by atoms with Gasteiger partial charge in [-0.15, -0.1) is 0 Å². The third kappa shape index (κ3) is 3.54. The molecule has 4 nitrogen and oxygen atoms in total. The molecule has 232 valence electrons. The smallest absolute Gasteiger partial charge is 0.178 e. The molecule has 0 N–H and O–H groups in total. The number of rotatable bonds is 2. The van der Waals surface area contributed by atoms with Gasteiger partial charge in [0.1, 0.15) is 33.5 Å². The quantitative estimate of drug-likeness (QED) is 0.189. The first-order valence-electron chi connectivity index (χ1n) is 16.8. The summed E-state index contributed by atoms with van der Waals surface area (Å²) >= 11 is 0. The molecule has 0 spiro atoms. The van der Waals surface area contributed by atoms with Gasteiger partial charge in [-0.25, -0.2) is 0 Å². The molecular formula is C46H24O4. The minimum Gasteiger partial charge on any atom is -0.456 e. The normalized spacial score (nSPS) is 12.4. The first-order chi connectivity index (χ1) is 24.7. The van der Waals surface area contributed by atoms with E-state index in [2.05, 4.69) is 103 Å². The van der Waals surface area contributed by atoms with Crippen molar-refractivity contribution in [1.82, 2.24) is 0 Å². The Bertz CT molecular complexity index is 3380. The molecule has 0 amide bonds. The summed E-state index contributed by atoms with van der Waals surface area (Å²) in [5, 5.41) is 11.1. The van der Waals surface area contributed by atoms with Gasteiger partial charge in [-0.1, -0.05) is 72.8 Å². The second-order valence-corrected chi connectivity index (χ2v) is 13.2. The van der Waals surface area contributed by atoms with Gasteiger partial charge in [-0.3, -0.25) is 0 Å². The average Bonchev–Trinajstić information content (AvgIpc) is 3.93. The first kappa shape index (κ1) is 26.2. The van der Waals surface area contributed by atoms with Crippen LogP contribution in [0.15, 0.2) is 163 Å². The van der Waals surface area contributed by atoms with Gasteiger partial charge >= 0.3 is 0 Å². The second kappa shape index (κ2) is 9.43. The number of fused-ring (bicyclic) bond motifs is 15. The Kier molecular flexibility index (Phi) is 4.94. The fourth-order valence-electron chi connectivity index (χ4n) is 8.06. The summed E-state index contributed by atoms with van der Waals surface area (Å²) in [5.41, 5.74) is 11.4. The lowest BCUT2D eigenvalue weighted by Crippen LogP contribution is -1.82. The van der Waals surface area contributed by atoms with Crippen LogP contribution in [-0.2, 0) is 0 Å². The number of furan rings is 4. The van der Waals surface area contributed by atoms with Crippen molar-refractivity contribution in [3.05, 3.63) is 146 Å². The van der Waals surface area contributed by atoms with Crippen LogP contribution >= 0.6 is 0 Å². The van der Waals surface area contributed by atoms with E-state index >= 15 is 0 Å². The molecule has 0 aliphatic carbocycles. The lowest BCUT2D eigenvalue weighted by molar-refractivity contribution is 0.633. The van der Waals surface area contributed by atoms with Crippen LogP contribution in [0.3, 0.4) is 0 Å². The molecule has 4 heteroatoms. The predicted molar refractivity (Wildman–Crippen MR) is 204 cm³/mol. The summed E-state index contributed by atoms with van der Waals surface area (Å²) in [7, 11) is 0. The lowest BCUT2D eigenvalue weighted by atomic mass is 9.96. The molecule has 12 rings (SSSR count). The first-order valence-corrected chi connectivity index (χ1v) is 16.8. The summed E-state index contributed by atoms with van der Waals surface area (Å²) in [4.78, 5) is 0.